The highest BCUT2D eigenvalue weighted by atomic mass is 19.1. The summed E-state index contributed by atoms with van der Waals surface area (Å²) >= 11 is 0. The first kappa shape index (κ1) is 15.0. The van der Waals surface area contributed by atoms with Crippen LogP contribution in [0.25, 0.3) is 10.8 Å². The molecule has 0 atom stereocenters. The predicted molar refractivity (Wildman–Crippen MR) is 87.4 cm³/mol. The van der Waals surface area contributed by atoms with Gasteiger partial charge < -0.3 is 10.6 Å². The molecule has 0 aliphatic rings. The number of halogens is 2. The van der Waals surface area contributed by atoms with Gasteiger partial charge in [-0.05, 0) is 23.6 Å². The Kier molecular flexibility index (Phi) is 4.19. The van der Waals surface area contributed by atoms with Crippen LogP contribution >= 0.6 is 0 Å². The molecule has 3 rings (SSSR count). The number of anilines is 2. The Morgan fingerprint density at radius 3 is 2.30 bits per heavy atom. The van der Waals surface area contributed by atoms with Crippen LogP contribution in [-0.4, -0.2) is 12.5 Å². The van der Waals surface area contributed by atoms with Crippen LogP contribution in [0.3, 0.4) is 0 Å². The number of hydrogen-bond donors (Lipinski definition) is 2. The molecule has 0 heterocycles. The fourth-order valence-electron chi connectivity index (χ4n) is 2.36. The lowest BCUT2D eigenvalue weighted by molar-refractivity contribution is -0.114. The van der Waals surface area contributed by atoms with Gasteiger partial charge in [0.05, 0.1) is 6.54 Å². The van der Waals surface area contributed by atoms with E-state index < -0.39 is 11.6 Å². The van der Waals surface area contributed by atoms with Gasteiger partial charge in [-0.25, -0.2) is 8.78 Å². The van der Waals surface area contributed by atoms with Crippen LogP contribution in [0, 0.1) is 11.6 Å². The lowest BCUT2D eigenvalue weighted by Crippen LogP contribution is -2.22. The number of benzene rings is 3. The molecule has 0 fully saturated rings. The molecular weight excluding hydrogens is 298 g/mol. The zero-order valence-electron chi connectivity index (χ0n) is 12.1. The molecule has 0 bridgehead atoms. The van der Waals surface area contributed by atoms with Gasteiger partial charge in [-0.2, -0.15) is 0 Å². The summed E-state index contributed by atoms with van der Waals surface area (Å²) in [5.74, 6) is -1.85. The smallest absolute Gasteiger partial charge is 0.243 e. The van der Waals surface area contributed by atoms with E-state index in [1.165, 1.54) is 6.07 Å². The lowest BCUT2D eigenvalue weighted by atomic mass is 10.1. The van der Waals surface area contributed by atoms with Crippen molar-refractivity contribution in [2.45, 2.75) is 0 Å². The van der Waals surface area contributed by atoms with Crippen LogP contribution in [0.4, 0.5) is 20.2 Å². The topological polar surface area (TPSA) is 41.1 Å². The molecule has 0 aliphatic carbocycles. The number of hydrogen-bond acceptors (Lipinski definition) is 2. The molecule has 116 valence electrons. The first-order valence-corrected chi connectivity index (χ1v) is 7.10. The fraction of sp³-hybridized carbons (Fsp3) is 0.0556. The third kappa shape index (κ3) is 3.29. The van der Waals surface area contributed by atoms with Gasteiger partial charge in [0.15, 0.2) is 0 Å². The SMILES string of the molecule is O=C(CNc1c(F)cccc1F)Nc1cccc2ccccc12. The number of amides is 1. The van der Waals surface area contributed by atoms with E-state index in [2.05, 4.69) is 10.6 Å². The summed E-state index contributed by atoms with van der Waals surface area (Å²) in [5.41, 5.74) is 0.351. The summed E-state index contributed by atoms with van der Waals surface area (Å²) in [4.78, 5) is 12.0. The average Bonchev–Trinajstić information content (AvgIpc) is 2.55. The molecule has 5 heteroatoms. The summed E-state index contributed by atoms with van der Waals surface area (Å²) in [5, 5.41) is 7.14. The summed E-state index contributed by atoms with van der Waals surface area (Å²) < 4.78 is 27.0. The summed E-state index contributed by atoms with van der Waals surface area (Å²) in [6.07, 6.45) is 0. The molecule has 0 radical (unpaired) electrons. The highest BCUT2D eigenvalue weighted by molar-refractivity contribution is 6.03. The Morgan fingerprint density at radius 2 is 1.52 bits per heavy atom. The van der Waals surface area contributed by atoms with Gasteiger partial charge in [0.1, 0.15) is 17.3 Å². The standard InChI is InChI=1S/C18H14F2N2O/c19-14-8-4-9-15(20)18(14)21-11-17(23)22-16-10-3-6-12-5-1-2-7-13(12)16/h1-10,21H,11H2,(H,22,23). The molecule has 0 saturated heterocycles. The van der Waals surface area contributed by atoms with E-state index in [0.29, 0.717) is 5.69 Å². The van der Waals surface area contributed by atoms with E-state index in [-0.39, 0.29) is 18.1 Å². The van der Waals surface area contributed by atoms with Crippen molar-refractivity contribution in [1.29, 1.82) is 0 Å². The monoisotopic (exact) mass is 312 g/mol. The van der Waals surface area contributed by atoms with E-state index in [1.54, 1.807) is 6.07 Å². The van der Waals surface area contributed by atoms with Crippen molar-refractivity contribution < 1.29 is 13.6 Å². The van der Waals surface area contributed by atoms with E-state index in [9.17, 15) is 13.6 Å². The number of fused-ring (bicyclic) bond motifs is 1. The van der Waals surface area contributed by atoms with Crippen LogP contribution in [0.15, 0.2) is 60.7 Å². The minimum atomic E-state index is -0.733. The molecule has 0 unspecified atom stereocenters. The van der Waals surface area contributed by atoms with Gasteiger partial charge in [0.25, 0.3) is 0 Å². The third-order valence-corrected chi connectivity index (χ3v) is 3.45. The summed E-state index contributed by atoms with van der Waals surface area (Å²) in [6, 6.07) is 16.7. The predicted octanol–water partition coefficient (Wildman–Crippen LogP) is 4.17. The molecule has 23 heavy (non-hydrogen) atoms. The first-order valence-electron chi connectivity index (χ1n) is 7.10. The van der Waals surface area contributed by atoms with Crippen LogP contribution in [0.2, 0.25) is 0 Å². The zero-order valence-corrected chi connectivity index (χ0v) is 12.1. The molecule has 3 nitrogen and oxygen atoms in total. The number of para-hydroxylation sites is 1. The fourth-order valence-corrected chi connectivity index (χ4v) is 2.36. The number of carbonyl (C=O) groups excluding carboxylic acids is 1. The van der Waals surface area contributed by atoms with Gasteiger partial charge in [-0.3, -0.25) is 4.79 Å². The Labute approximate surface area is 131 Å². The first-order chi connectivity index (χ1) is 11.1. The molecule has 3 aromatic carbocycles. The van der Waals surface area contributed by atoms with E-state index in [4.69, 9.17) is 0 Å². The van der Waals surface area contributed by atoms with Gasteiger partial charge in [-0.1, -0.05) is 42.5 Å². The van der Waals surface area contributed by atoms with Crippen molar-refractivity contribution in [3.8, 4) is 0 Å². The molecular formula is C18H14F2N2O. The van der Waals surface area contributed by atoms with Gasteiger partial charge in [0, 0.05) is 11.1 Å². The van der Waals surface area contributed by atoms with Crippen LogP contribution in [0.1, 0.15) is 0 Å². The number of rotatable bonds is 4. The summed E-state index contributed by atoms with van der Waals surface area (Å²) in [6.45, 7) is -0.235. The molecule has 3 aromatic rings. The van der Waals surface area contributed by atoms with Crippen LogP contribution < -0.4 is 10.6 Å². The van der Waals surface area contributed by atoms with E-state index >= 15 is 0 Å². The maximum absolute atomic E-state index is 13.5. The Balaban J connectivity index is 1.72. The molecule has 0 aromatic heterocycles. The van der Waals surface area contributed by atoms with Gasteiger partial charge in [0.2, 0.25) is 5.91 Å². The van der Waals surface area contributed by atoms with Crippen LogP contribution in [0.5, 0.6) is 0 Å². The Bertz CT molecular complexity index is 839. The van der Waals surface area contributed by atoms with Gasteiger partial charge >= 0.3 is 0 Å². The molecule has 1 amide bonds. The molecule has 0 saturated carbocycles. The summed E-state index contributed by atoms with van der Waals surface area (Å²) in [7, 11) is 0. The lowest BCUT2D eigenvalue weighted by Gasteiger charge is -2.11. The third-order valence-electron chi connectivity index (χ3n) is 3.45. The quantitative estimate of drug-likeness (QED) is 0.759. The molecule has 0 spiro atoms. The minimum Gasteiger partial charge on any atom is -0.371 e. The second kappa shape index (κ2) is 6.44. The van der Waals surface area contributed by atoms with Crippen LogP contribution in [-0.2, 0) is 4.79 Å². The van der Waals surface area contributed by atoms with Crippen molar-refractivity contribution in [2.75, 3.05) is 17.2 Å². The van der Waals surface area contributed by atoms with E-state index in [1.807, 2.05) is 36.4 Å². The zero-order chi connectivity index (χ0) is 16.2. The Morgan fingerprint density at radius 1 is 0.870 bits per heavy atom. The van der Waals surface area contributed by atoms with Crippen molar-refractivity contribution in [3.63, 3.8) is 0 Å². The van der Waals surface area contributed by atoms with E-state index in [0.717, 1.165) is 22.9 Å². The van der Waals surface area contributed by atoms with Crippen molar-refractivity contribution in [3.05, 3.63) is 72.3 Å². The number of carbonyl (C=O) groups is 1. The highest BCUT2D eigenvalue weighted by Gasteiger charge is 2.10. The normalized spacial score (nSPS) is 10.5. The minimum absolute atomic E-state index is 0.235. The Hall–Kier alpha value is -2.95. The molecule has 2 N–H and O–H groups in total. The largest absolute Gasteiger partial charge is 0.371 e. The van der Waals surface area contributed by atoms with Gasteiger partial charge in [-0.15, -0.1) is 0 Å². The second-order valence-electron chi connectivity index (χ2n) is 5.03. The maximum atomic E-state index is 13.5. The van der Waals surface area contributed by atoms with Crippen molar-refractivity contribution >= 4 is 28.1 Å². The number of nitrogens with one attached hydrogen (secondary N) is 2. The molecule has 0 aliphatic heterocycles. The van der Waals surface area contributed by atoms with Crippen molar-refractivity contribution in [2.24, 2.45) is 0 Å². The highest BCUT2D eigenvalue weighted by Crippen LogP contribution is 2.23. The maximum Gasteiger partial charge on any atom is 0.243 e. The second-order valence-corrected chi connectivity index (χ2v) is 5.03. The van der Waals surface area contributed by atoms with Crippen molar-refractivity contribution in [1.82, 2.24) is 0 Å². The average molecular weight is 312 g/mol.